The fourth-order valence-electron chi connectivity index (χ4n) is 2.99. The first-order valence-electron chi connectivity index (χ1n) is 7.84. The molecule has 1 aliphatic rings. The molecule has 1 aliphatic heterocycles. The van der Waals surface area contributed by atoms with Gasteiger partial charge in [0.2, 0.25) is 5.13 Å². The number of fused-ring (bicyclic) bond motifs is 1. The van der Waals surface area contributed by atoms with Gasteiger partial charge in [-0.05, 0) is 19.4 Å². The lowest BCUT2D eigenvalue weighted by Gasteiger charge is -2.27. The third-order valence-electron chi connectivity index (χ3n) is 4.39. The molecule has 0 saturated heterocycles. The summed E-state index contributed by atoms with van der Waals surface area (Å²) in [5.41, 5.74) is 3.68. The molecule has 3 aromatic rings. The Bertz CT molecular complexity index is 821. The molecule has 118 valence electrons. The van der Waals surface area contributed by atoms with Crippen molar-refractivity contribution < 1.29 is 0 Å². The number of benzene rings is 1. The van der Waals surface area contributed by atoms with E-state index in [0.29, 0.717) is 0 Å². The summed E-state index contributed by atoms with van der Waals surface area (Å²) in [7, 11) is 0. The van der Waals surface area contributed by atoms with Gasteiger partial charge in [-0.1, -0.05) is 41.7 Å². The summed E-state index contributed by atoms with van der Waals surface area (Å²) < 4.78 is 2.32. The first-order chi connectivity index (χ1) is 11.2. The fraction of sp³-hybridized carbons (Fsp3) is 0.353. The molecule has 3 heterocycles. The van der Waals surface area contributed by atoms with Gasteiger partial charge in [0.05, 0.1) is 12.2 Å². The van der Waals surface area contributed by atoms with Crippen molar-refractivity contribution in [2.45, 2.75) is 33.4 Å². The van der Waals surface area contributed by atoms with Crippen LogP contribution in [0.3, 0.4) is 0 Å². The summed E-state index contributed by atoms with van der Waals surface area (Å²) in [5, 5.41) is 10.8. The zero-order valence-corrected chi connectivity index (χ0v) is 14.2. The SMILES string of the molecule is Cc1nc2n(c1C)CCN(c1nnc(Cc3ccccc3)s1)C2. The average Bonchev–Trinajstić information content (AvgIpc) is 3.14. The summed E-state index contributed by atoms with van der Waals surface area (Å²) >= 11 is 1.69. The van der Waals surface area contributed by atoms with E-state index in [4.69, 9.17) is 0 Å². The van der Waals surface area contributed by atoms with E-state index >= 15 is 0 Å². The summed E-state index contributed by atoms with van der Waals surface area (Å²) in [6.45, 7) is 6.96. The number of nitrogens with zero attached hydrogens (tertiary/aromatic N) is 5. The van der Waals surface area contributed by atoms with Crippen LogP contribution in [0.4, 0.5) is 5.13 Å². The number of anilines is 1. The van der Waals surface area contributed by atoms with Gasteiger partial charge in [0, 0.05) is 25.2 Å². The van der Waals surface area contributed by atoms with E-state index < -0.39 is 0 Å². The van der Waals surface area contributed by atoms with Crippen LogP contribution in [0.15, 0.2) is 30.3 Å². The van der Waals surface area contributed by atoms with Crippen molar-refractivity contribution in [3.63, 3.8) is 0 Å². The lowest BCUT2D eigenvalue weighted by Crippen LogP contribution is -2.34. The number of rotatable bonds is 3. The van der Waals surface area contributed by atoms with Crippen LogP contribution in [-0.2, 0) is 19.5 Å². The number of hydrogen-bond acceptors (Lipinski definition) is 5. The third kappa shape index (κ3) is 2.74. The molecule has 1 aromatic carbocycles. The van der Waals surface area contributed by atoms with E-state index in [9.17, 15) is 0 Å². The van der Waals surface area contributed by atoms with Gasteiger partial charge in [-0.25, -0.2) is 4.98 Å². The predicted molar refractivity (Wildman–Crippen MR) is 91.9 cm³/mol. The number of imidazole rings is 1. The van der Waals surface area contributed by atoms with Crippen molar-refractivity contribution in [2.75, 3.05) is 11.4 Å². The molecule has 0 fully saturated rings. The first-order valence-corrected chi connectivity index (χ1v) is 8.66. The summed E-state index contributed by atoms with van der Waals surface area (Å²) in [6, 6.07) is 10.4. The largest absolute Gasteiger partial charge is 0.337 e. The van der Waals surface area contributed by atoms with Crippen LogP contribution in [0, 0.1) is 13.8 Å². The Morgan fingerprint density at radius 1 is 1.09 bits per heavy atom. The Labute approximate surface area is 139 Å². The summed E-state index contributed by atoms with van der Waals surface area (Å²) in [4.78, 5) is 6.96. The van der Waals surface area contributed by atoms with Crippen molar-refractivity contribution >= 4 is 16.5 Å². The molecule has 0 unspecified atom stereocenters. The smallest absolute Gasteiger partial charge is 0.208 e. The first kappa shape index (κ1) is 14.4. The third-order valence-corrected chi connectivity index (χ3v) is 5.37. The van der Waals surface area contributed by atoms with Crippen molar-refractivity contribution in [3.05, 3.63) is 58.1 Å². The van der Waals surface area contributed by atoms with Crippen molar-refractivity contribution in [2.24, 2.45) is 0 Å². The molecule has 5 nitrogen and oxygen atoms in total. The van der Waals surface area contributed by atoms with Gasteiger partial charge in [0.1, 0.15) is 10.8 Å². The van der Waals surface area contributed by atoms with Crippen molar-refractivity contribution in [3.8, 4) is 0 Å². The molecule has 0 N–H and O–H groups in total. The van der Waals surface area contributed by atoms with Gasteiger partial charge in [-0.15, -0.1) is 10.2 Å². The normalized spacial score (nSPS) is 14.1. The Balaban J connectivity index is 1.51. The maximum atomic E-state index is 4.68. The van der Waals surface area contributed by atoms with E-state index in [0.717, 1.165) is 47.7 Å². The number of aromatic nitrogens is 4. The highest BCUT2D eigenvalue weighted by Crippen LogP contribution is 2.26. The highest BCUT2D eigenvalue weighted by molar-refractivity contribution is 7.15. The molecular formula is C17H19N5S. The molecule has 2 aromatic heterocycles. The second-order valence-corrected chi connectivity index (χ2v) is 6.95. The summed E-state index contributed by atoms with van der Waals surface area (Å²) in [5.74, 6) is 1.13. The minimum absolute atomic E-state index is 0.814. The number of hydrogen-bond donors (Lipinski definition) is 0. The lowest BCUT2D eigenvalue weighted by atomic mass is 10.2. The van der Waals surface area contributed by atoms with Gasteiger partial charge in [-0.3, -0.25) is 0 Å². The fourth-order valence-corrected chi connectivity index (χ4v) is 3.89. The Kier molecular flexibility index (Phi) is 3.61. The van der Waals surface area contributed by atoms with Crippen LogP contribution in [0.2, 0.25) is 0 Å². The van der Waals surface area contributed by atoms with Crippen LogP contribution in [0.25, 0.3) is 0 Å². The molecule has 0 aliphatic carbocycles. The van der Waals surface area contributed by atoms with E-state index in [1.165, 1.54) is 11.3 Å². The zero-order chi connectivity index (χ0) is 15.8. The topological polar surface area (TPSA) is 46.8 Å². The van der Waals surface area contributed by atoms with Gasteiger partial charge >= 0.3 is 0 Å². The second-order valence-electron chi connectivity index (χ2n) is 5.91. The van der Waals surface area contributed by atoms with E-state index in [1.807, 2.05) is 6.07 Å². The van der Waals surface area contributed by atoms with E-state index in [-0.39, 0.29) is 0 Å². The minimum Gasteiger partial charge on any atom is -0.337 e. The Hall–Kier alpha value is -2.21. The van der Waals surface area contributed by atoms with Gasteiger partial charge in [-0.2, -0.15) is 0 Å². The molecule has 0 amide bonds. The molecule has 0 spiro atoms. The van der Waals surface area contributed by atoms with Crippen LogP contribution in [0.5, 0.6) is 0 Å². The average molecular weight is 325 g/mol. The molecule has 23 heavy (non-hydrogen) atoms. The van der Waals surface area contributed by atoms with Crippen molar-refractivity contribution in [1.82, 2.24) is 19.7 Å². The quantitative estimate of drug-likeness (QED) is 0.743. The predicted octanol–water partition coefficient (Wildman–Crippen LogP) is 2.96. The Morgan fingerprint density at radius 3 is 2.74 bits per heavy atom. The standard InChI is InChI=1S/C17H19N5S/c1-12-13(2)22-9-8-21(11-15(22)18-12)17-20-19-16(23-17)10-14-6-4-3-5-7-14/h3-7H,8-11H2,1-2H3. The maximum absolute atomic E-state index is 4.68. The molecule has 0 radical (unpaired) electrons. The second kappa shape index (κ2) is 5.77. The lowest BCUT2D eigenvalue weighted by molar-refractivity contribution is 0.549. The van der Waals surface area contributed by atoms with E-state index in [1.54, 1.807) is 11.3 Å². The number of aryl methyl sites for hydroxylation is 1. The van der Waals surface area contributed by atoms with Crippen LogP contribution >= 0.6 is 11.3 Å². The van der Waals surface area contributed by atoms with Crippen LogP contribution in [-0.4, -0.2) is 26.3 Å². The summed E-state index contributed by atoms with van der Waals surface area (Å²) in [6.07, 6.45) is 0.846. The van der Waals surface area contributed by atoms with Crippen molar-refractivity contribution in [1.29, 1.82) is 0 Å². The maximum Gasteiger partial charge on any atom is 0.208 e. The molecule has 6 heteroatoms. The van der Waals surface area contributed by atoms with Crippen LogP contribution in [0.1, 0.15) is 27.8 Å². The van der Waals surface area contributed by atoms with Gasteiger partial charge < -0.3 is 9.47 Å². The molecule has 4 rings (SSSR count). The minimum atomic E-state index is 0.814. The molecular weight excluding hydrogens is 306 g/mol. The van der Waals surface area contributed by atoms with Gasteiger partial charge in [0.25, 0.3) is 0 Å². The highest BCUT2D eigenvalue weighted by atomic mass is 32.1. The monoisotopic (exact) mass is 325 g/mol. The van der Waals surface area contributed by atoms with Gasteiger partial charge in [0.15, 0.2) is 0 Å². The molecule has 0 saturated carbocycles. The molecule has 0 bridgehead atoms. The Morgan fingerprint density at radius 2 is 1.91 bits per heavy atom. The zero-order valence-electron chi connectivity index (χ0n) is 13.4. The highest BCUT2D eigenvalue weighted by Gasteiger charge is 2.22. The van der Waals surface area contributed by atoms with Crippen LogP contribution < -0.4 is 4.90 Å². The molecule has 0 atom stereocenters. The van der Waals surface area contributed by atoms with E-state index in [2.05, 4.69) is 62.8 Å².